The number of rotatable bonds is 3. The molecule has 2 aromatic carbocycles. The van der Waals surface area contributed by atoms with Crippen LogP contribution >= 0.6 is 11.6 Å². The van der Waals surface area contributed by atoms with Crippen molar-refractivity contribution < 1.29 is 36.7 Å². The molecule has 7 nitrogen and oxygen atoms in total. The molecule has 12 heteroatoms. The number of carbonyl (C=O) groups is 3. The summed E-state index contributed by atoms with van der Waals surface area (Å²) in [4.78, 5) is 31.6. The van der Waals surface area contributed by atoms with Crippen LogP contribution in [0.4, 0.5) is 17.6 Å². The van der Waals surface area contributed by atoms with Crippen molar-refractivity contribution in [3.8, 4) is 0 Å². The number of hydrazine groups is 1. The number of nitrogens with one attached hydrogen (secondary N) is 1. The van der Waals surface area contributed by atoms with E-state index in [0.29, 0.717) is 12.1 Å². The van der Waals surface area contributed by atoms with Gasteiger partial charge in [-0.15, -0.1) is 0 Å². The first-order valence-electron chi connectivity index (χ1n) is 8.74. The first-order valence-corrected chi connectivity index (χ1v) is 9.12. The minimum absolute atomic E-state index is 0.0444. The van der Waals surface area contributed by atoms with Crippen LogP contribution < -0.4 is 17.0 Å². The standard InChI is InChI=1S/C7H3ClF2O.C7H6F2N2O.C6H13NO2/c8-7(11)5-2-1-4(9)3-6(5)10;8-4-1-2-5(6(9)3-4)7(12)11-10;1-6(2,3)9-5(8)4-7/h1-3H;1-3H,10H2,(H,11,12);4,7H2,1-3H3. The molecule has 0 bridgehead atoms. The van der Waals surface area contributed by atoms with Crippen LogP contribution in [0.5, 0.6) is 0 Å². The Kier molecular flexibility index (Phi) is 12.1. The third-order valence-corrected chi connectivity index (χ3v) is 3.24. The van der Waals surface area contributed by atoms with Crippen LogP contribution in [0.25, 0.3) is 0 Å². The lowest BCUT2D eigenvalue weighted by atomic mass is 10.2. The summed E-state index contributed by atoms with van der Waals surface area (Å²) in [7, 11) is 0. The maximum Gasteiger partial charge on any atom is 0.320 e. The minimum Gasteiger partial charge on any atom is -0.459 e. The topological polar surface area (TPSA) is 125 Å². The molecule has 1 amide bonds. The third kappa shape index (κ3) is 11.4. The summed E-state index contributed by atoms with van der Waals surface area (Å²) in [6.45, 7) is 5.37. The second-order valence-electron chi connectivity index (χ2n) is 6.79. The first kappa shape index (κ1) is 29.0. The van der Waals surface area contributed by atoms with Gasteiger partial charge in [-0.3, -0.25) is 19.8 Å². The zero-order valence-electron chi connectivity index (χ0n) is 17.3. The van der Waals surface area contributed by atoms with E-state index in [9.17, 15) is 31.9 Å². The maximum absolute atomic E-state index is 12.7. The normalized spacial score (nSPS) is 10.1. The summed E-state index contributed by atoms with van der Waals surface area (Å²) in [5, 5.41) is -0.928. The number of ether oxygens (including phenoxy) is 1. The van der Waals surface area contributed by atoms with E-state index < -0.39 is 40.0 Å². The van der Waals surface area contributed by atoms with Crippen molar-refractivity contribution in [1.82, 2.24) is 5.43 Å². The molecular formula is C20H22ClF4N3O4. The van der Waals surface area contributed by atoms with Crippen LogP contribution in [0.2, 0.25) is 0 Å². The van der Waals surface area contributed by atoms with E-state index in [1.54, 1.807) is 26.2 Å². The fourth-order valence-corrected chi connectivity index (χ4v) is 1.94. The van der Waals surface area contributed by atoms with Gasteiger partial charge in [0.2, 0.25) is 0 Å². The van der Waals surface area contributed by atoms with Gasteiger partial charge >= 0.3 is 5.97 Å². The summed E-state index contributed by atoms with van der Waals surface area (Å²) in [5.74, 6) is 0.268. The van der Waals surface area contributed by atoms with Crippen LogP contribution in [0.3, 0.4) is 0 Å². The maximum atomic E-state index is 12.7. The highest BCUT2D eigenvalue weighted by molar-refractivity contribution is 6.67. The second kappa shape index (κ2) is 13.4. The lowest BCUT2D eigenvalue weighted by Gasteiger charge is -2.18. The summed E-state index contributed by atoms with van der Waals surface area (Å²) < 4.78 is 54.6. The number of carbonyl (C=O) groups excluding carboxylic acids is 3. The summed E-state index contributed by atoms with van der Waals surface area (Å²) in [6.07, 6.45) is 0. The highest BCUT2D eigenvalue weighted by atomic mass is 35.5. The molecule has 0 fully saturated rings. The molecule has 0 aliphatic rings. The smallest absolute Gasteiger partial charge is 0.320 e. The van der Waals surface area contributed by atoms with Crippen LogP contribution in [0.1, 0.15) is 41.5 Å². The van der Waals surface area contributed by atoms with E-state index in [2.05, 4.69) is 0 Å². The van der Waals surface area contributed by atoms with Crippen LogP contribution in [-0.2, 0) is 9.53 Å². The highest BCUT2D eigenvalue weighted by Crippen LogP contribution is 2.11. The van der Waals surface area contributed by atoms with Crippen molar-refractivity contribution in [2.75, 3.05) is 6.54 Å². The van der Waals surface area contributed by atoms with Gasteiger partial charge in [0.1, 0.15) is 28.9 Å². The molecule has 0 saturated carbocycles. The van der Waals surface area contributed by atoms with Crippen molar-refractivity contribution >= 4 is 28.7 Å². The average molecular weight is 480 g/mol. The Hall–Kier alpha value is -3.02. The van der Waals surface area contributed by atoms with E-state index in [4.69, 9.17) is 27.9 Å². The molecule has 0 radical (unpaired) electrons. The fourth-order valence-electron chi connectivity index (χ4n) is 1.78. The quantitative estimate of drug-likeness (QED) is 0.155. The predicted molar refractivity (Wildman–Crippen MR) is 109 cm³/mol. The van der Waals surface area contributed by atoms with Gasteiger partial charge in [-0.25, -0.2) is 23.4 Å². The van der Waals surface area contributed by atoms with Crippen LogP contribution in [0.15, 0.2) is 36.4 Å². The van der Waals surface area contributed by atoms with Gasteiger partial charge in [-0.2, -0.15) is 0 Å². The molecule has 0 heterocycles. The monoisotopic (exact) mass is 479 g/mol. The zero-order chi connectivity index (χ0) is 25.1. The summed E-state index contributed by atoms with van der Waals surface area (Å²) in [6, 6.07) is 5.19. The van der Waals surface area contributed by atoms with E-state index in [1.807, 2.05) is 0 Å². The molecule has 0 spiro atoms. The Labute approximate surface area is 186 Å². The van der Waals surface area contributed by atoms with Crippen molar-refractivity contribution in [2.24, 2.45) is 11.6 Å². The number of halogens is 5. The third-order valence-electron chi connectivity index (χ3n) is 3.04. The lowest BCUT2D eigenvalue weighted by Crippen LogP contribution is -2.30. The van der Waals surface area contributed by atoms with Gasteiger partial charge in [0.25, 0.3) is 11.1 Å². The average Bonchev–Trinajstić information content (AvgIpc) is 2.66. The van der Waals surface area contributed by atoms with Gasteiger partial charge in [0.15, 0.2) is 0 Å². The fraction of sp³-hybridized carbons (Fsp3) is 0.250. The van der Waals surface area contributed by atoms with Gasteiger partial charge in [-0.05, 0) is 56.6 Å². The number of benzene rings is 2. The van der Waals surface area contributed by atoms with Gasteiger partial charge < -0.3 is 10.5 Å². The molecular weight excluding hydrogens is 458 g/mol. The summed E-state index contributed by atoms with van der Waals surface area (Å²) in [5.41, 5.74) is 5.75. The largest absolute Gasteiger partial charge is 0.459 e. The van der Waals surface area contributed by atoms with E-state index >= 15 is 0 Å². The van der Waals surface area contributed by atoms with Crippen LogP contribution in [-0.4, -0.2) is 29.3 Å². The Bertz CT molecular complexity index is 953. The van der Waals surface area contributed by atoms with Crippen molar-refractivity contribution in [3.05, 3.63) is 70.8 Å². The lowest BCUT2D eigenvalue weighted by molar-refractivity contribution is -0.152. The Morgan fingerprint density at radius 2 is 1.38 bits per heavy atom. The van der Waals surface area contributed by atoms with E-state index in [0.717, 1.165) is 24.3 Å². The molecule has 0 aliphatic heterocycles. The Morgan fingerprint density at radius 1 is 0.938 bits per heavy atom. The van der Waals surface area contributed by atoms with Gasteiger partial charge in [0.05, 0.1) is 17.7 Å². The minimum atomic E-state index is -0.940. The van der Waals surface area contributed by atoms with E-state index in [-0.39, 0.29) is 23.6 Å². The predicted octanol–water partition coefficient (Wildman–Crippen LogP) is 3.20. The molecule has 0 aromatic heterocycles. The SMILES string of the molecule is CC(C)(C)OC(=O)CN.NNC(=O)c1ccc(F)cc1F.O=C(Cl)c1ccc(F)cc1F. The molecule has 176 valence electrons. The molecule has 0 atom stereocenters. The number of hydrogen-bond acceptors (Lipinski definition) is 6. The van der Waals surface area contributed by atoms with Crippen molar-refractivity contribution in [1.29, 1.82) is 0 Å². The number of amides is 1. The highest BCUT2D eigenvalue weighted by Gasteiger charge is 2.14. The molecule has 32 heavy (non-hydrogen) atoms. The Balaban J connectivity index is 0.000000456. The van der Waals surface area contributed by atoms with E-state index in [1.165, 1.54) is 0 Å². The molecule has 5 N–H and O–H groups in total. The number of nitrogen functional groups attached to an aromatic ring is 1. The number of esters is 1. The Morgan fingerprint density at radius 3 is 1.66 bits per heavy atom. The molecule has 0 saturated heterocycles. The molecule has 2 rings (SSSR count). The first-order chi connectivity index (χ1) is 14.7. The van der Waals surface area contributed by atoms with Gasteiger partial charge in [0, 0.05) is 12.1 Å². The number of hydrogen-bond donors (Lipinski definition) is 3. The zero-order valence-corrected chi connectivity index (χ0v) is 18.1. The summed E-state index contributed by atoms with van der Waals surface area (Å²) >= 11 is 4.96. The molecule has 0 unspecified atom stereocenters. The van der Waals surface area contributed by atoms with Crippen LogP contribution in [0, 0.1) is 23.3 Å². The van der Waals surface area contributed by atoms with Gasteiger partial charge in [-0.1, -0.05) is 0 Å². The molecule has 2 aromatic rings. The molecule has 0 aliphatic carbocycles. The van der Waals surface area contributed by atoms with Crippen molar-refractivity contribution in [2.45, 2.75) is 26.4 Å². The number of nitrogens with two attached hydrogens (primary N) is 2. The second-order valence-corrected chi connectivity index (χ2v) is 7.13. The van der Waals surface area contributed by atoms with Crippen molar-refractivity contribution in [3.63, 3.8) is 0 Å².